The molecular weight excluding hydrogens is 490 g/mol. The first-order valence-corrected chi connectivity index (χ1v) is 14.1. The number of likely N-dealkylation sites (tertiary alicyclic amines) is 1. The van der Waals surface area contributed by atoms with Crippen molar-refractivity contribution in [2.24, 2.45) is 11.7 Å². The molecule has 4 heterocycles. The molecule has 0 saturated carbocycles. The molecule has 3 aromatic heterocycles. The quantitative estimate of drug-likeness (QED) is 0.388. The van der Waals surface area contributed by atoms with Gasteiger partial charge in [-0.05, 0) is 49.5 Å². The molecule has 1 amide bonds. The largest absolute Gasteiger partial charge is 0.369 e. The lowest BCUT2D eigenvalue weighted by atomic mass is 9.96. The number of thiazole rings is 1. The van der Waals surface area contributed by atoms with Crippen molar-refractivity contribution in [2.45, 2.75) is 23.6 Å². The number of rotatable bonds is 7. The highest BCUT2D eigenvalue weighted by Gasteiger charge is 2.25. The smallest absolute Gasteiger partial charge is 0.273 e. The number of aromatic nitrogens is 2. The summed E-state index contributed by atoms with van der Waals surface area (Å²) in [6.07, 6.45) is 3.49. The SMILES string of the molecule is CN(c1cccc2cc(-c3ncc(CN4CCC(C(N)=O)CC4)s3)[nH]c12)S(=O)(=O)c1cccs1. The Morgan fingerprint density at radius 3 is 2.76 bits per heavy atom. The molecule has 3 N–H and O–H groups in total. The summed E-state index contributed by atoms with van der Waals surface area (Å²) in [6.45, 7) is 2.49. The van der Waals surface area contributed by atoms with Gasteiger partial charge in [0.2, 0.25) is 5.91 Å². The Labute approximate surface area is 206 Å². The van der Waals surface area contributed by atoms with Crippen molar-refractivity contribution in [1.29, 1.82) is 0 Å². The van der Waals surface area contributed by atoms with E-state index >= 15 is 0 Å². The fraction of sp³-hybridized carbons (Fsp3) is 0.304. The lowest BCUT2D eigenvalue weighted by Crippen LogP contribution is -2.37. The van der Waals surface area contributed by atoms with E-state index in [4.69, 9.17) is 5.73 Å². The van der Waals surface area contributed by atoms with E-state index < -0.39 is 10.0 Å². The molecule has 5 rings (SSSR count). The summed E-state index contributed by atoms with van der Waals surface area (Å²) in [7, 11) is -2.06. The van der Waals surface area contributed by atoms with Crippen LogP contribution in [0.25, 0.3) is 21.6 Å². The van der Waals surface area contributed by atoms with E-state index in [1.807, 2.05) is 24.4 Å². The number of nitrogens with zero attached hydrogens (tertiary/aromatic N) is 3. The number of piperidine rings is 1. The number of para-hydroxylation sites is 1. The van der Waals surface area contributed by atoms with Gasteiger partial charge in [0.1, 0.15) is 9.22 Å². The number of benzene rings is 1. The highest BCUT2D eigenvalue weighted by atomic mass is 32.2. The first-order chi connectivity index (χ1) is 16.3. The summed E-state index contributed by atoms with van der Waals surface area (Å²) in [5.74, 6) is -0.220. The second-order valence-electron chi connectivity index (χ2n) is 8.41. The number of hydrogen-bond donors (Lipinski definition) is 2. The van der Waals surface area contributed by atoms with Gasteiger partial charge >= 0.3 is 0 Å². The van der Waals surface area contributed by atoms with Gasteiger partial charge in [-0.25, -0.2) is 13.4 Å². The summed E-state index contributed by atoms with van der Waals surface area (Å²) in [6, 6.07) is 11.0. The zero-order valence-corrected chi connectivity index (χ0v) is 21.0. The molecule has 1 fully saturated rings. The van der Waals surface area contributed by atoms with Gasteiger partial charge in [-0.1, -0.05) is 18.2 Å². The van der Waals surface area contributed by atoms with Crippen molar-refractivity contribution < 1.29 is 13.2 Å². The fourth-order valence-corrected chi connectivity index (χ4v) is 7.59. The van der Waals surface area contributed by atoms with Gasteiger partial charge in [-0.15, -0.1) is 22.7 Å². The zero-order valence-electron chi connectivity index (χ0n) is 18.6. The number of anilines is 1. The molecule has 34 heavy (non-hydrogen) atoms. The van der Waals surface area contributed by atoms with Crippen LogP contribution in [0.4, 0.5) is 5.69 Å². The van der Waals surface area contributed by atoms with Crippen LogP contribution in [0.1, 0.15) is 17.7 Å². The number of amides is 1. The van der Waals surface area contributed by atoms with E-state index in [0.29, 0.717) is 9.90 Å². The summed E-state index contributed by atoms with van der Waals surface area (Å²) < 4.78 is 27.7. The van der Waals surface area contributed by atoms with Crippen LogP contribution in [0.3, 0.4) is 0 Å². The Balaban J connectivity index is 1.37. The van der Waals surface area contributed by atoms with E-state index in [9.17, 15) is 13.2 Å². The maximum Gasteiger partial charge on any atom is 0.273 e. The molecule has 8 nitrogen and oxygen atoms in total. The fourth-order valence-electron chi connectivity index (χ4n) is 4.29. The van der Waals surface area contributed by atoms with Crippen LogP contribution in [0.2, 0.25) is 0 Å². The number of carbonyl (C=O) groups is 1. The molecule has 1 aliphatic rings. The van der Waals surface area contributed by atoms with E-state index in [1.165, 1.54) is 15.6 Å². The Kier molecular flexibility index (Phi) is 6.19. The number of fused-ring (bicyclic) bond motifs is 1. The number of primary amides is 1. The maximum atomic E-state index is 13.0. The average molecular weight is 516 g/mol. The molecule has 11 heteroatoms. The molecule has 0 spiro atoms. The number of nitrogens with two attached hydrogens (primary N) is 1. The van der Waals surface area contributed by atoms with Crippen molar-refractivity contribution in [2.75, 3.05) is 24.4 Å². The predicted octanol–water partition coefficient (Wildman–Crippen LogP) is 3.88. The number of carbonyl (C=O) groups excluding carboxylic acids is 1. The number of sulfonamides is 1. The molecule has 0 unspecified atom stereocenters. The van der Waals surface area contributed by atoms with Crippen LogP contribution < -0.4 is 10.0 Å². The number of hydrogen-bond acceptors (Lipinski definition) is 7. The summed E-state index contributed by atoms with van der Waals surface area (Å²) >= 11 is 2.82. The number of H-pyrrole nitrogens is 1. The van der Waals surface area contributed by atoms with Gasteiger partial charge < -0.3 is 10.7 Å². The third-order valence-electron chi connectivity index (χ3n) is 6.24. The molecular formula is C23H25N5O3S3. The van der Waals surface area contributed by atoms with Crippen LogP contribution in [0.15, 0.2) is 52.2 Å². The van der Waals surface area contributed by atoms with Crippen molar-refractivity contribution in [3.63, 3.8) is 0 Å². The lowest BCUT2D eigenvalue weighted by Gasteiger charge is -2.29. The second kappa shape index (κ2) is 9.14. The maximum absolute atomic E-state index is 13.0. The Hall–Kier alpha value is -2.73. The predicted molar refractivity (Wildman–Crippen MR) is 137 cm³/mol. The van der Waals surface area contributed by atoms with Gasteiger partial charge in [0.05, 0.1) is 16.9 Å². The number of thiophene rings is 1. The van der Waals surface area contributed by atoms with Crippen LogP contribution in [0, 0.1) is 5.92 Å². The molecule has 0 atom stereocenters. The summed E-state index contributed by atoms with van der Waals surface area (Å²) in [4.78, 5) is 22.9. The summed E-state index contributed by atoms with van der Waals surface area (Å²) in [5, 5.41) is 3.53. The number of aromatic amines is 1. The van der Waals surface area contributed by atoms with Gasteiger partial charge in [0.15, 0.2) is 0 Å². The topological polar surface area (TPSA) is 112 Å². The minimum Gasteiger partial charge on any atom is -0.369 e. The van der Waals surface area contributed by atoms with Crippen molar-refractivity contribution >= 4 is 55.2 Å². The van der Waals surface area contributed by atoms with E-state index in [-0.39, 0.29) is 11.8 Å². The van der Waals surface area contributed by atoms with Crippen LogP contribution in [0.5, 0.6) is 0 Å². The molecule has 1 aromatic carbocycles. The van der Waals surface area contributed by atoms with E-state index in [0.717, 1.165) is 59.0 Å². The van der Waals surface area contributed by atoms with Gasteiger partial charge in [0, 0.05) is 36.0 Å². The molecule has 0 bridgehead atoms. The Morgan fingerprint density at radius 2 is 2.06 bits per heavy atom. The van der Waals surface area contributed by atoms with Gasteiger partial charge in [-0.2, -0.15) is 0 Å². The summed E-state index contributed by atoms with van der Waals surface area (Å²) in [5.41, 5.74) is 7.64. The van der Waals surface area contributed by atoms with Crippen molar-refractivity contribution in [3.05, 3.63) is 52.9 Å². The Bertz CT molecular complexity index is 1420. The molecule has 0 aliphatic carbocycles. The lowest BCUT2D eigenvalue weighted by molar-refractivity contribution is -0.123. The first-order valence-electron chi connectivity index (χ1n) is 10.9. The molecule has 178 valence electrons. The van der Waals surface area contributed by atoms with E-state index in [2.05, 4.69) is 14.9 Å². The van der Waals surface area contributed by atoms with Crippen molar-refractivity contribution in [3.8, 4) is 10.7 Å². The second-order valence-corrected chi connectivity index (χ2v) is 12.7. The number of nitrogens with one attached hydrogen (secondary N) is 1. The molecule has 0 radical (unpaired) electrons. The zero-order chi connectivity index (χ0) is 23.9. The average Bonchev–Trinajstić information content (AvgIpc) is 3.59. The third-order valence-corrected chi connectivity index (χ3v) is 10.4. The highest BCUT2D eigenvalue weighted by molar-refractivity contribution is 7.94. The van der Waals surface area contributed by atoms with Crippen molar-refractivity contribution in [1.82, 2.24) is 14.9 Å². The van der Waals surface area contributed by atoms with Crippen LogP contribution in [-0.4, -0.2) is 49.3 Å². The standard InChI is InChI=1S/C23H25N5O3S3/c1-27(34(30,31)20-6-3-11-32-20)19-5-2-4-16-12-18(26-21(16)19)23-25-13-17(33-23)14-28-9-7-15(8-10-28)22(24)29/h2-6,11-13,15,26H,7-10,14H2,1H3,(H2,24,29). The Morgan fingerprint density at radius 1 is 1.26 bits per heavy atom. The normalized spacial score (nSPS) is 15.7. The first kappa shape index (κ1) is 23.0. The molecule has 1 saturated heterocycles. The highest BCUT2D eigenvalue weighted by Crippen LogP contribution is 2.35. The molecule has 1 aliphatic heterocycles. The van der Waals surface area contributed by atoms with E-state index in [1.54, 1.807) is 42.0 Å². The molecule has 4 aromatic rings. The third kappa shape index (κ3) is 4.36. The van der Waals surface area contributed by atoms with Crippen LogP contribution in [-0.2, 0) is 21.4 Å². The van der Waals surface area contributed by atoms with Gasteiger partial charge in [0.25, 0.3) is 10.0 Å². The minimum atomic E-state index is -3.63. The van der Waals surface area contributed by atoms with Crippen LogP contribution >= 0.6 is 22.7 Å². The minimum absolute atomic E-state index is 0.0180. The monoisotopic (exact) mass is 515 g/mol. The van der Waals surface area contributed by atoms with Gasteiger partial charge in [-0.3, -0.25) is 14.0 Å².